The molecule has 1 saturated heterocycles. The number of nitrogens with zero attached hydrogens (tertiary/aromatic N) is 2. The molecule has 1 aromatic rings. The van der Waals surface area contributed by atoms with Gasteiger partial charge in [0, 0.05) is 6.54 Å². The number of aliphatic carboxylic acids is 1. The van der Waals surface area contributed by atoms with E-state index in [4.69, 9.17) is 5.11 Å². The second-order valence-corrected chi connectivity index (χ2v) is 6.00. The standard InChI is InChI=1S/C9H10BrN3O3S/c10-6-4-11-8(17-6)12-9(16)13-3-1-2-5(13)7(14)15/h4-5H,1-3H2,(H,14,15)(H,11,12,16)/t5-/m1/s1. The Bertz CT molecular complexity index is 450. The summed E-state index contributed by atoms with van der Waals surface area (Å²) in [5.74, 6) is -0.960. The van der Waals surface area contributed by atoms with Gasteiger partial charge < -0.3 is 10.0 Å². The molecular formula is C9H10BrN3O3S. The van der Waals surface area contributed by atoms with E-state index in [1.54, 1.807) is 6.20 Å². The molecular weight excluding hydrogens is 310 g/mol. The van der Waals surface area contributed by atoms with Crippen LogP contribution in [0.1, 0.15) is 12.8 Å². The van der Waals surface area contributed by atoms with Crippen molar-refractivity contribution in [2.75, 3.05) is 11.9 Å². The number of carboxylic acid groups (broad SMARTS) is 1. The number of aromatic nitrogens is 1. The molecule has 2 heterocycles. The highest BCUT2D eigenvalue weighted by Gasteiger charge is 2.34. The molecule has 8 heteroatoms. The van der Waals surface area contributed by atoms with E-state index in [9.17, 15) is 9.59 Å². The number of thiazole rings is 1. The molecule has 2 N–H and O–H groups in total. The van der Waals surface area contributed by atoms with Crippen LogP contribution in [0.25, 0.3) is 0 Å². The van der Waals surface area contributed by atoms with Crippen LogP contribution in [0.5, 0.6) is 0 Å². The van der Waals surface area contributed by atoms with Crippen molar-refractivity contribution in [1.82, 2.24) is 9.88 Å². The molecule has 0 spiro atoms. The highest BCUT2D eigenvalue weighted by molar-refractivity contribution is 9.11. The number of hydrogen-bond donors (Lipinski definition) is 2. The van der Waals surface area contributed by atoms with Gasteiger partial charge in [0.25, 0.3) is 0 Å². The summed E-state index contributed by atoms with van der Waals surface area (Å²) in [4.78, 5) is 28.1. The van der Waals surface area contributed by atoms with Crippen molar-refractivity contribution in [2.45, 2.75) is 18.9 Å². The van der Waals surface area contributed by atoms with E-state index >= 15 is 0 Å². The molecule has 0 radical (unpaired) electrons. The van der Waals surface area contributed by atoms with Gasteiger partial charge in [-0.2, -0.15) is 0 Å². The van der Waals surface area contributed by atoms with Crippen molar-refractivity contribution < 1.29 is 14.7 Å². The van der Waals surface area contributed by atoms with E-state index in [2.05, 4.69) is 26.2 Å². The number of likely N-dealkylation sites (tertiary alicyclic amines) is 1. The highest BCUT2D eigenvalue weighted by atomic mass is 79.9. The summed E-state index contributed by atoms with van der Waals surface area (Å²) in [5.41, 5.74) is 0. The van der Waals surface area contributed by atoms with Gasteiger partial charge in [-0.25, -0.2) is 14.6 Å². The van der Waals surface area contributed by atoms with Gasteiger partial charge in [-0.3, -0.25) is 5.32 Å². The van der Waals surface area contributed by atoms with Crippen molar-refractivity contribution in [3.05, 3.63) is 9.98 Å². The topological polar surface area (TPSA) is 82.5 Å². The number of carbonyl (C=O) groups is 2. The summed E-state index contributed by atoms with van der Waals surface area (Å²) in [6.07, 6.45) is 2.80. The van der Waals surface area contributed by atoms with Gasteiger partial charge in [0.2, 0.25) is 0 Å². The molecule has 0 aliphatic carbocycles. The number of urea groups is 1. The summed E-state index contributed by atoms with van der Waals surface area (Å²) in [6, 6.07) is -1.13. The van der Waals surface area contributed by atoms with Gasteiger partial charge in [0.05, 0.1) is 9.98 Å². The Balaban J connectivity index is 2.02. The van der Waals surface area contributed by atoms with Crippen LogP contribution in [-0.2, 0) is 4.79 Å². The van der Waals surface area contributed by atoms with Crippen LogP contribution in [-0.4, -0.2) is 39.6 Å². The first-order valence-corrected chi connectivity index (χ1v) is 6.60. The number of anilines is 1. The first kappa shape index (κ1) is 12.3. The lowest BCUT2D eigenvalue weighted by Gasteiger charge is -2.20. The Morgan fingerprint density at radius 3 is 3.00 bits per heavy atom. The molecule has 1 aromatic heterocycles. The van der Waals surface area contributed by atoms with Crippen LogP contribution in [0.3, 0.4) is 0 Å². The fraction of sp³-hybridized carbons (Fsp3) is 0.444. The highest BCUT2D eigenvalue weighted by Crippen LogP contribution is 2.24. The lowest BCUT2D eigenvalue weighted by Crippen LogP contribution is -2.42. The van der Waals surface area contributed by atoms with Gasteiger partial charge in [0.15, 0.2) is 5.13 Å². The zero-order valence-corrected chi connectivity index (χ0v) is 11.1. The van der Waals surface area contributed by atoms with E-state index in [1.165, 1.54) is 16.2 Å². The normalized spacial score (nSPS) is 19.4. The first-order chi connectivity index (χ1) is 8.08. The fourth-order valence-electron chi connectivity index (χ4n) is 1.74. The van der Waals surface area contributed by atoms with Crippen molar-refractivity contribution in [3.63, 3.8) is 0 Å². The lowest BCUT2D eigenvalue weighted by atomic mass is 10.2. The zero-order chi connectivity index (χ0) is 12.4. The smallest absolute Gasteiger partial charge is 0.326 e. The minimum atomic E-state index is -0.960. The van der Waals surface area contributed by atoms with E-state index in [-0.39, 0.29) is 0 Å². The number of nitrogens with one attached hydrogen (secondary N) is 1. The maximum atomic E-state index is 11.8. The third-order valence-electron chi connectivity index (χ3n) is 2.49. The minimum absolute atomic E-state index is 0.406. The molecule has 0 saturated carbocycles. The Morgan fingerprint density at radius 2 is 2.41 bits per heavy atom. The maximum absolute atomic E-state index is 11.8. The average molecular weight is 320 g/mol. The number of halogens is 1. The van der Waals surface area contributed by atoms with Gasteiger partial charge in [-0.05, 0) is 28.8 Å². The third kappa shape index (κ3) is 2.75. The first-order valence-electron chi connectivity index (χ1n) is 4.99. The number of amides is 2. The molecule has 1 fully saturated rings. The molecule has 0 bridgehead atoms. The van der Waals surface area contributed by atoms with Crippen LogP contribution in [0.15, 0.2) is 9.98 Å². The summed E-state index contributed by atoms with van der Waals surface area (Å²) >= 11 is 4.52. The number of carbonyl (C=O) groups excluding carboxylic acids is 1. The third-order valence-corrected chi connectivity index (χ3v) is 3.88. The predicted octanol–water partition coefficient (Wildman–Crippen LogP) is 1.99. The second-order valence-electron chi connectivity index (χ2n) is 3.59. The summed E-state index contributed by atoms with van der Waals surface area (Å²) in [7, 11) is 0. The fourth-order valence-corrected chi connectivity index (χ4v) is 2.84. The quantitative estimate of drug-likeness (QED) is 0.873. The average Bonchev–Trinajstić information content (AvgIpc) is 2.86. The van der Waals surface area contributed by atoms with Crippen molar-refractivity contribution in [1.29, 1.82) is 0 Å². The monoisotopic (exact) mass is 319 g/mol. The number of hydrogen-bond acceptors (Lipinski definition) is 4. The minimum Gasteiger partial charge on any atom is -0.480 e. The molecule has 2 amide bonds. The van der Waals surface area contributed by atoms with E-state index in [0.29, 0.717) is 24.5 Å². The predicted molar refractivity (Wildman–Crippen MR) is 66.2 cm³/mol. The van der Waals surface area contributed by atoms with Crippen LogP contribution < -0.4 is 5.32 Å². The van der Waals surface area contributed by atoms with Crippen LogP contribution in [0.4, 0.5) is 9.93 Å². The molecule has 0 unspecified atom stereocenters. The number of carboxylic acids is 1. The summed E-state index contributed by atoms with van der Waals surface area (Å²) < 4.78 is 0.809. The van der Waals surface area contributed by atoms with E-state index in [0.717, 1.165) is 3.79 Å². The van der Waals surface area contributed by atoms with Gasteiger partial charge >= 0.3 is 12.0 Å². The van der Waals surface area contributed by atoms with Crippen molar-refractivity contribution in [3.8, 4) is 0 Å². The van der Waals surface area contributed by atoms with Crippen molar-refractivity contribution in [2.24, 2.45) is 0 Å². The zero-order valence-electron chi connectivity index (χ0n) is 8.72. The Morgan fingerprint density at radius 1 is 1.65 bits per heavy atom. The molecule has 1 atom stereocenters. The lowest BCUT2D eigenvalue weighted by molar-refractivity contribution is -0.141. The Labute approximate surface area is 110 Å². The SMILES string of the molecule is O=C(O)[C@H]1CCCN1C(=O)Nc1ncc(Br)s1. The van der Waals surface area contributed by atoms with E-state index in [1.807, 2.05) is 0 Å². The molecule has 1 aliphatic heterocycles. The summed E-state index contributed by atoms with van der Waals surface area (Å²) in [5, 5.41) is 12.0. The van der Waals surface area contributed by atoms with Gasteiger partial charge in [0.1, 0.15) is 6.04 Å². The maximum Gasteiger partial charge on any atom is 0.326 e. The van der Waals surface area contributed by atoms with Gasteiger partial charge in [-0.1, -0.05) is 11.3 Å². The number of rotatable bonds is 2. The van der Waals surface area contributed by atoms with Crippen LogP contribution in [0.2, 0.25) is 0 Å². The van der Waals surface area contributed by atoms with Gasteiger partial charge in [-0.15, -0.1) is 0 Å². The van der Waals surface area contributed by atoms with Crippen molar-refractivity contribution >= 4 is 44.4 Å². The molecule has 92 valence electrons. The molecule has 1 aliphatic rings. The molecule has 17 heavy (non-hydrogen) atoms. The molecule has 0 aromatic carbocycles. The molecule has 2 rings (SSSR count). The molecule has 6 nitrogen and oxygen atoms in total. The van der Waals surface area contributed by atoms with E-state index < -0.39 is 18.0 Å². The summed E-state index contributed by atoms with van der Waals surface area (Å²) in [6.45, 7) is 0.468. The van der Waals surface area contributed by atoms with Crippen LogP contribution >= 0.6 is 27.3 Å². The Kier molecular flexibility index (Phi) is 3.63. The largest absolute Gasteiger partial charge is 0.480 e. The second kappa shape index (κ2) is 5.01. The van der Waals surface area contributed by atoms with Crippen LogP contribution in [0, 0.1) is 0 Å². The Hall–Kier alpha value is -1.15.